The molecule has 5 rings (SSSR count). The smallest absolute Gasteiger partial charge is 0.292 e. The number of rotatable bonds is 5. The molecule has 4 aromatic rings. The van der Waals surface area contributed by atoms with Crippen molar-refractivity contribution in [3.63, 3.8) is 0 Å². The molecule has 0 fully saturated rings. The molecule has 0 unspecified atom stereocenters. The second-order valence-electron chi connectivity index (χ2n) is 9.31. The Kier molecular flexibility index (Phi) is 6.18. The Morgan fingerprint density at radius 3 is 2.75 bits per heavy atom. The first kappa shape index (κ1) is 23.5. The van der Waals surface area contributed by atoms with Crippen LogP contribution in [-0.2, 0) is 17.6 Å². The second-order valence-corrected chi connectivity index (χ2v) is 9.31. The number of anilines is 1. The normalized spacial score (nSPS) is 14.2. The molecule has 1 aromatic carbocycles. The van der Waals surface area contributed by atoms with Crippen LogP contribution >= 0.6 is 0 Å². The summed E-state index contributed by atoms with van der Waals surface area (Å²) < 4.78 is 11.6. The fraction of sp³-hybridized carbons (Fsp3) is 0.286. The average molecular weight is 485 g/mol. The monoisotopic (exact) mass is 484 g/mol. The van der Waals surface area contributed by atoms with Gasteiger partial charge in [-0.25, -0.2) is 10.4 Å². The van der Waals surface area contributed by atoms with Crippen LogP contribution in [0.4, 0.5) is 5.82 Å². The quantitative estimate of drug-likeness (QED) is 0.373. The molecule has 1 aliphatic rings. The highest BCUT2D eigenvalue weighted by Gasteiger charge is 2.28. The van der Waals surface area contributed by atoms with Crippen molar-refractivity contribution in [2.75, 3.05) is 5.32 Å². The largest absolute Gasteiger partial charge is 0.464 e. The summed E-state index contributed by atoms with van der Waals surface area (Å²) in [5, 5.41) is 8.20. The van der Waals surface area contributed by atoms with E-state index in [0.29, 0.717) is 35.7 Å². The van der Waals surface area contributed by atoms with Crippen LogP contribution in [0.3, 0.4) is 0 Å². The van der Waals surface area contributed by atoms with Crippen molar-refractivity contribution in [3.05, 3.63) is 81.6 Å². The lowest BCUT2D eigenvalue weighted by Crippen LogP contribution is -2.23. The topological polar surface area (TPSA) is 110 Å². The van der Waals surface area contributed by atoms with Crippen LogP contribution in [0.1, 0.15) is 62.7 Å². The lowest BCUT2D eigenvalue weighted by Gasteiger charge is -2.13. The summed E-state index contributed by atoms with van der Waals surface area (Å²) in [6, 6.07) is 9.48. The summed E-state index contributed by atoms with van der Waals surface area (Å²) in [7, 11) is 0. The molecule has 0 saturated heterocycles. The number of hydrogen-bond donors (Lipinski definition) is 2. The van der Waals surface area contributed by atoms with Crippen LogP contribution < -0.4 is 10.7 Å². The lowest BCUT2D eigenvalue weighted by molar-refractivity contribution is -0.120. The van der Waals surface area contributed by atoms with E-state index in [1.165, 1.54) is 0 Å². The number of aryl methyl sites for hydroxylation is 4. The summed E-state index contributed by atoms with van der Waals surface area (Å²) in [6.45, 7) is 7.73. The standard InChI is InChI=1S/C28H28N4O4/c1-15-11-16(2)25-19(14-35-22(25)12-15)13-24(33)32-31-20-8-6-9-21-26(20)18(4)27(36-21)28(34)30-23-10-5-7-17(3)29-23/h5,7,10-12,14H,6,8-9,13H2,1-4H3,(H,32,33)(H,29,30,34)/b31-20+. The lowest BCUT2D eigenvalue weighted by atomic mass is 9.93. The zero-order chi connectivity index (χ0) is 25.4. The average Bonchev–Trinajstić information content (AvgIpc) is 3.39. The number of pyridine rings is 1. The maximum Gasteiger partial charge on any atom is 0.292 e. The predicted octanol–water partition coefficient (Wildman–Crippen LogP) is 5.31. The van der Waals surface area contributed by atoms with Gasteiger partial charge in [-0.15, -0.1) is 0 Å². The van der Waals surface area contributed by atoms with Crippen LogP contribution in [0, 0.1) is 27.7 Å². The van der Waals surface area contributed by atoms with Gasteiger partial charge in [0.1, 0.15) is 17.2 Å². The number of carbonyl (C=O) groups excluding carboxylic acids is 2. The molecular weight excluding hydrogens is 456 g/mol. The summed E-state index contributed by atoms with van der Waals surface area (Å²) in [5.41, 5.74) is 9.50. The van der Waals surface area contributed by atoms with E-state index in [1.54, 1.807) is 12.3 Å². The Morgan fingerprint density at radius 1 is 1.11 bits per heavy atom. The van der Waals surface area contributed by atoms with E-state index in [9.17, 15) is 9.59 Å². The SMILES string of the molecule is Cc1cc(C)c2c(CC(=O)N/N=C3\CCCc4oc(C(=O)Nc5cccc(C)n5)c(C)c43)coc2c1. The first-order valence-corrected chi connectivity index (χ1v) is 12.0. The van der Waals surface area contributed by atoms with E-state index in [0.717, 1.165) is 45.3 Å². The summed E-state index contributed by atoms with van der Waals surface area (Å²) in [6.07, 6.45) is 4.00. The van der Waals surface area contributed by atoms with Gasteiger partial charge < -0.3 is 14.2 Å². The third-order valence-electron chi connectivity index (χ3n) is 6.42. The molecule has 0 aliphatic heterocycles. The Labute approximate surface area is 208 Å². The summed E-state index contributed by atoms with van der Waals surface area (Å²) >= 11 is 0. The number of carbonyl (C=O) groups is 2. The molecule has 184 valence electrons. The number of amides is 2. The maximum absolute atomic E-state index is 12.9. The Bertz CT molecular complexity index is 1530. The van der Waals surface area contributed by atoms with Gasteiger partial charge in [-0.05, 0) is 69.9 Å². The molecule has 36 heavy (non-hydrogen) atoms. The molecule has 0 atom stereocenters. The molecule has 0 saturated carbocycles. The molecule has 0 spiro atoms. The van der Waals surface area contributed by atoms with Crippen LogP contribution in [0.2, 0.25) is 0 Å². The van der Waals surface area contributed by atoms with Crippen molar-refractivity contribution in [3.8, 4) is 0 Å². The van der Waals surface area contributed by atoms with Gasteiger partial charge in [0.15, 0.2) is 5.76 Å². The summed E-state index contributed by atoms with van der Waals surface area (Å²) in [4.78, 5) is 30.0. The minimum atomic E-state index is -0.360. The Hall–Kier alpha value is -4.20. The molecule has 3 heterocycles. The van der Waals surface area contributed by atoms with E-state index >= 15 is 0 Å². The first-order valence-electron chi connectivity index (χ1n) is 12.0. The Morgan fingerprint density at radius 2 is 1.94 bits per heavy atom. The van der Waals surface area contributed by atoms with Gasteiger partial charge in [-0.3, -0.25) is 9.59 Å². The molecule has 0 bridgehead atoms. The molecule has 2 N–H and O–H groups in total. The fourth-order valence-corrected chi connectivity index (χ4v) is 4.88. The molecule has 2 amide bonds. The predicted molar refractivity (Wildman–Crippen MR) is 137 cm³/mol. The van der Waals surface area contributed by atoms with E-state index in [2.05, 4.69) is 26.9 Å². The van der Waals surface area contributed by atoms with Crippen molar-refractivity contribution in [2.45, 2.75) is 53.4 Å². The van der Waals surface area contributed by atoms with Gasteiger partial charge in [0, 0.05) is 34.2 Å². The van der Waals surface area contributed by atoms with E-state index in [-0.39, 0.29) is 24.0 Å². The van der Waals surface area contributed by atoms with Crippen molar-refractivity contribution in [1.82, 2.24) is 10.4 Å². The number of nitrogens with one attached hydrogen (secondary N) is 2. The van der Waals surface area contributed by atoms with Crippen LogP contribution in [0.5, 0.6) is 0 Å². The molecular formula is C28H28N4O4. The summed E-state index contributed by atoms with van der Waals surface area (Å²) in [5.74, 6) is 0.815. The van der Waals surface area contributed by atoms with Gasteiger partial charge in [-0.2, -0.15) is 5.10 Å². The number of benzene rings is 1. The van der Waals surface area contributed by atoms with Crippen molar-refractivity contribution >= 4 is 34.3 Å². The van der Waals surface area contributed by atoms with Crippen LogP contribution in [0.15, 0.2) is 50.5 Å². The fourth-order valence-electron chi connectivity index (χ4n) is 4.88. The van der Waals surface area contributed by atoms with Crippen molar-refractivity contribution in [1.29, 1.82) is 0 Å². The maximum atomic E-state index is 12.9. The second kappa shape index (κ2) is 9.45. The van der Waals surface area contributed by atoms with E-state index < -0.39 is 0 Å². The highest BCUT2D eigenvalue weighted by atomic mass is 16.4. The Balaban J connectivity index is 1.34. The minimum absolute atomic E-state index is 0.155. The van der Waals surface area contributed by atoms with Crippen LogP contribution in [0.25, 0.3) is 11.0 Å². The third kappa shape index (κ3) is 4.54. The number of hydrazone groups is 1. The first-order chi connectivity index (χ1) is 17.3. The third-order valence-corrected chi connectivity index (χ3v) is 6.42. The van der Waals surface area contributed by atoms with Crippen LogP contribution in [-0.4, -0.2) is 22.5 Å². The van der Waals surface area contributed by atoms with Gasteiger partial charge >= 0.3 is 0 Å². The zero-order valence-electron chi connectivity index (χ0n) is 20.8. The minimum Gasteiger partial charge on any atom is -0.464 e. The van der Waals surface area contributed by atoms with Gasteiger partial charge in [0.25, 0.3) is 5.91 Å². The van der Waals surface area contributed by atoms with Crippen molar-refractivity contribution < 1.29 is 18.4 Å². The highest BCUT2D eigenvalue weighted by molar-refractivity contribution is 6.09. The molecule has 1 aliphatic carbocycles. The highest BCUT2D eigenvalue weighted by Crippen LogP contribution is 2.30. The van der Waals surface area contributed by atoms with E-state index in [4.69, 9.17) is 8.83 Å². The van der Waals surface area contributed by atoms with Gasteiger partial charge in [0.2, 0.25) is 5.91 Å². The van der Waals surface area contributed by atoms with Gasteiger partial charge in [-0.1, -0.05) is 12.1 Å². The zero-order valence-corrected chi connectivity index (χ0v) is 20.8. The molecule has 8 heteroatoms. The number of nitrogens with zero attached hydrogens (tertiary/aromatic N) is 2. The number of aromatic nitrogens is 1. The number of hydrogen-bond acceptors (Lipinski definition) is 6. The molecule has 3 aromatic heterocycles. The molecule has 8 nitrogen and oxygen atoms in total. The van der Waals surface area contributed by atoms with Gasteiger partial charge in [0.05, 0.1) is 18.4 Å². The van der Waals surface area contributed by atoms with E-state index in [1.807, 2.05) is 45.9 Å². The molecule has 0 radical (unpaired) electrons. The van der Waals surface area contributed by atoms with Crippen molar-refractivity contribution in [2.24, 2.45) is 5.10 Å². The number of furan rings is 2. The number of fused-ring (bicyclic) bond motifs is 2.